The molecule has 2 aliphatic heterocycles. The van der Waals surface area contributed by atoms with E-state index in [1.54, 1.807) is 5.32 Å². The molecule has 0 aliphatic carbocycles. The van der Waals surface area contributed by atoms with Gasteiger partial charge in [-0.2, -0.15) is 24.9 Å². The summed E-state index contributed by atoms with van der Waals surface area (Å²) in [5.41, 5.74) is 0. The van der Waals surface area contributed by atoms with Crippen molar-refractivity contribution in [2.24, 2.45) is 5.92 Å². The highest BCUT2D eigenvalue weighted by molar-refractivity contribution is 7.99. The summed E-state index contributed by atoms with van der Waals surface area (Å²) in [6, 6.07) is 0.656. The molecule has 2 aliphatic rings. The van der Waals surface area contributed by atoms with Gasteiger partial charge in [-0.15, -0.1) is 0 Å². The summed E-state index contributed by atoms with van der Waals surface area (Å²) in [6.07, 6.45) is -1.41. The van der Waals surface area contributed by atoms with E-state index in [4.69, 9.17) is 0 Å². The van der Waals surface area contributed by atoms with Crippen LogP contribution in [0.25, 0.3) is 0 Å². The number of carbonyl (C=O) groups excluding carboxylic acids is 2. The lowest BCUT2D eigenvalue weighted by atomic mass is 9.95. The topological polar surface area (TPSA) is 61.4 Å². The summed E-state index contributed by atoms with van der Waals surface area (Å²) in [6.45, 7) is 0.806. The second kappa shape index (κ2) is 8.23. The fourth-order valence-corrected chi connectivity index (χ4v) is 4.17. The Morgan fingerprint density at radius 1 is 1.09 bits per heavy atom. The van der Waals surface area contributed by atoms with Gasteiger partial charge in [0.05, 0.1) is 0 Å². The number of alkyl halides is 3. The lowest BCUT2D eigenvalue weighted by Crippen LogP contribution is -2.47. The van der Waals surface area contributed by atoms with E-state index in [2.05, 4.69) is 10.2 Å². The van der Waals surface area contributed by atoms with Crippen molar-refractivity contribution in [1.82, 2.24) is 15.5 Å². The van der Waals surface area contributed by atoms with Gasteiger partial charge in [-0.1, -0.05) is 0 Å². The second-order valence-corrected chi connectivity index (χ2v) is 7.15. The molecule has 2 amide bonds. The lowest BCUT2D eigenvalue weighted by Gasteiger charge is -2.35. The number of halogens is 3. The van der Waals surface area contributed by atoms with Crippen molar-refractivity contribution in [2.75, 3.05) is 37.7 Å². The third kappa shape index (κ3) is 6.21. The van der Waals surface area contributed by atoms with E-state index in [1.807, 2.05) is 11.8 Å². The van der Waals surface area contributed by atoms with Gasteiger partial charge in [0, 0.05) is 18.3 Å². The summed E-state index contributed by atoms with van der Waals surface area (Å²) >= 11 is 1.98. The normalized spacial score (nSPS) is 23.7. The maximum Gasteiger partial charge on any atom is 0.405 e. The maximum absolute atomic E-state index is 12.0. The fourth-order valence-electron chi connectivity index (χ4n) is 2.91. The van der Waals surface area contributed by atoms with Gasteiger partial charge in [-0.3, -0.25) is 14.5 Å². The van der Waals surface area contributed by atoms with E-state index in [-0.39, 0.29) is 5.92 Å². The number of piperidine rings is 1. The Labute approximate surface area is 137 Å². The fraction of sp³-hybridized carbons (Fsp3) is 0.857. The first-order valence-electron chi connectivity index (χ1n) is 7.80. The standard InChI is InChI=1S/C14H22F3N3O2S/c15-14(16,17)9-19-13(22)12(21)18-7-10-1-4-20(5-2-10)11-3-6-23-8-11/h10-11H,1-9H2,(H,18,21)(H,19,22). The monoisotopic (exact) mass is 353 g/mol. The van der Waals surface area contributed by atoms with Crippen molar-refractivity contribution < 1.29 is 22.8 Å². The first-order chi connectivity index (χ1) is 10.8. The highest BCUT2D eigenvalue weighted by atomic mass is 32.2. The summed E-state index contributed by atoms with van der Waals surface area (Å²) < 4.78 is 35.9. The van der Waals surface area contributed by atoms with E-state index in [0.29, 0.717) is 12.6 Å². The molecule has 2 saturated heterocycles. The number of carbonyl (C=O) groups is 2. The first kappa shape index (κ1) is 18.4. The van der Waals surface area contributed by atoms with Gasteiger partial charge in [-0.05, 0) is 44.0 Å². The lowest BCUT2D eigenvalue weighted by molar-refractivity contribution is -0.146. The minimum atomic E-state index is -4.51. The van der Waals surface area contributed by atoms with Crippen LogP contribution in [0.15, 0.2) is 0 Å². The van der Waals surface area contributed by atoms with Gasteiger partial charge in [0.15, 0.2) is 0 Å². The molecule has 23 heavy (non-hydrogen) atoms. The van der Waals surface area contributed by atoms with Crippen molar-refractivity contribution in [3.63, 3.8) is 0 Å². The Bertz CT molecular complexity index is 420. The van der Waals surface area contributed by atoms with Crippen molar-refractivity contribution >= 4 is 23.6 Å². The molecule has 132 valence electrons. The number of nitrogens with zero attached hydrogens (tertiary/aromatic N) is 1. The smallest absolute Gasteiger partial charge is 0.348 e. The van der Waals surface area contributed by atoms with Gasteiger partial charge in [0.2, 0.25) is 0 Å². The molecule has 1 unspecified atom stereocenters. The Kier molecular flexibility index (Phi) is 6.58. The molecule has 5 nitrogen and oxygen atoms in total. The number of hydrogen-bond acceptors (Lipinski definition) is 4. The van der Waals surface area contributed by atoms with Crippen LogP contribution in [0.5, 0.6) is 0 Å². The van der Waals surface area contributed by atoms with Gasteiger partial charge >= 0.3 is 18.0 Å². The third-order valence-electron chi connectivity index (χ3n) is 4.28. The van der Waals surface area contributed by atoms with Crippen molar-refractivity contribution in [2.45, 2.75) is 31.5 Å². The van der Waals surface area contributed by atoms with Crippen LogP contribution < -0.4 is 10.6 Å². The predicted octanol–water partition coefficient (Wildman–Crippen LogP) is 0.999. The number of thioether (sulfide) groups is 1. The van der Waals surface area contributed by atoms with Gasteiger partial charge in [0.1, 0.15) is 6.54 Å². The van der Waals surface area contributed by atoms with Gasteiger partial charge in [0.25, 0.3) is 0 Å². The summed E-state index contributed by atoms with van der Waals surface area (Å²) in [4.78, 5) is 25.2. The Balaban J connectivity index is 1.62. The summed E-state index contributed by atoms with van der Waals surface area (Å²) in [5.74, 6) is 0.445. The van der Waals surface area contributed by atoms with Crippen LogP contribution in [0.1, 0.15) is 19.3 Å². The molecule has 0 bridgehead atoms. The molecule has 1 atom stereocenters. The van der Waals surface area contributed by atoms with Crippen molar-refractivity contribution in [1.29, 1.82) is 0 Å². The second-order valence-electron chi connectivity index (χ2n) is 6.00. The average Bonchev–Trinajstić information content (AvgIpc) is 3.04. The Morgan fingerprint density at radius 3 is 2.30 bits per heavy atom. The van der Waals surface area contributed by atoms with Gasteiger partial charge < -0.3 is 10.6 Å². The maximum atomic E-state index is 12.0. The first-order valence-corrected chi connectivity index (χ1v) is 8.95. The summed E-state index contributed by atoms with van der Waals surface area (Å²) in [7, 11) is 0. The molecule has 0 aromatic rings. The number of nitrogens with one attached hydrogen (secondary N) is 2. The van der Waals surface area contributed by atoms with Crippen LogP contribution in [-0.4, -0.2) is 66.6 Å². The van der Waals surface area contributed by atoms with E-state index < -0.39 is 24.5 Å². The molecule has 0 spiro atoms. The van der Waals surface area contributed by atoms with Crippen LogP contribution in [0, 0.1) is 5.92 Å². The van der Waals surface area contributed by atoms with Gasteiger partial charge in [-0.25, -0.2) is 0 Å². The summed E-state index contributed by atoms with van der Waals surface area (Å²) in [5, 5.41) is 4.00. The zero-order chi connectivity index (χ0) is 16.9. The highest BCUT2D eigenvalue weighted by Gasteiger charge is 2.30. The zero-order valence-electron chi connectivity index (χ0n) is 12.8. The zero-order valence-corrected chi connectivity index (χ0v) is 13.6. The molecule has 2 rings (SSSR count). The number of likely N-dealkylation sites (tertiary alicyclic amines) is 1. The Morgan fingerprint density at radius 2 is 1.74 bits per heavy atom. The molecule has 0 aromatic heterocycles. The number of amides is 2. The molecule has 2 N–H and O–H groups in total. The highest BCUT2D eigenvalue weighted by Crippen LogP contribution is 2.26. The molecule has 0 radical (unpaired) electrons. The number of rotatable bonds is 4. The van der Waals surface area contributed by atoms with Crippen molar-refractivity contribution in [3.05, 3.63) is 0 Å². The quantitative estimate of drug-likeness (QED) is 0.741. The van der Waals surface area contributed by atoms with Crippen LogP contribution in [0.4, 0.5) is 13.2 Å². The minimum Gasteiger partial charge on any atom is -0.348 e. The average molecular weight is 353 g/mol. The van der Waals surface area contributed by atoms with Crippen LogP contribution in [0.3, 0.4) is 0 Å². The largest absolute Gasteiger partial charge is 0.405 e. The van der Waals surface area contributed by atoms with Crippen molar-refractivity contribution in [3.8, 4) is 0 Å². The molecule has 2 fully saturated rings. The molecule has 9 heteroatoms. The Hall–Kier alpha value is -0.960. The van der Waals surface area contributed by atoms with E-state index in [9.17, 15) is 22.8 Å². The minimum absolute atomic E-state index is 0.277. The van der Waals surface area contributed by atoms with E-state index >= 15 is 0 Å². The predicted molar refractivity (Wildman–Crippen MR) is 82.1 cm³/mol. The molecular weight excluding hydrogens is 331 g/mol. The van der Waals surface area contributed by atoms with Crippen LogP contribution in [-0.2, 0) is 9.59 Å². The molecule has 0 saturated carbocycles. The molecule has 2 heterocycles. The van der Waals surface area contributed by atoms with E-state index in [0.717, 1.165) is 25.9 Å². The SMILES string of the molecule is O=C(NCC1CCN(C2CCSC2)CC1)C(=O)NCC(F)(F)F. The van der Waals surface area contributed by atoms with Crippen LogP contribution >= 0.6 is 11.8 Å². The molecular formula is C14H22F3N3O2S. The third-order valence-corrected chi connectivity index (χ3v) is 5.42. The van der Waals surface area contributed by atoms with Crippen LogP contribution in [0.2, 0.25) is 0 Å². The molecule has 0 aromatic carbocycles. The van der Waals surface area contributed by atoms with E-state index in [1.165, 1.54) is 17.9 Å². The number of hydrogen-bond donors (Lipinski definition) is 2.